The third-order valence-corrected chi connectivity index (χ3v) is 9.48. The highest BCUT2D eigenvalue weighted by atomic mass is 16.5. The number of aromatic amines is 1. The van der Waals surface area contributed by atoms with Crippen molar-refractivity contribution in [1.82, 2.24) is 39.7 Å². The largest absolute Gasteiger partial charge is 0.475 e. The third kappa shape index (κ3) is 7.46. The number of likely N-dealkylation sites (tertiary alicyclic amines) is 1. The van der Waals surface area contributed by atoms with E-state index in [0.29, 0.717) is 36.1 Å². The van der Waals surface area contributed by atoms with Gasteiger partial charge in [0.25, 0.3) is 5.91 Å². The summed E-state index contributed by atoms with van der Waals surface area (Å²) in [5.74, 6) is 0.152. The van der Waals surface area contributed by atoms with E-state index in [1.54, 1.807) is 24.7 Å². The summed E-state index contributed by atoms with van der Waals surface area (Å²) in [6.45, 7) is 5.20. The average Bonchev–Trinajstić information content (AvgIpc) is 3.95. The Hall–Kier alpha value is -5.40. The summed E-state index contributed by atoms with van der Waals surface area (Å²) in [6, 6.07) is 17.2. The molecule has 2 aliphatic heterocycles. The zero-order valence-corrected chi connectivity index (χ0v) is 29.9. The molecule has 5 heterocycles. The van der Waals surface area contributed by atoms with Gasteiger partial charge in [-0.25, -0.2) is 9.97 Å². The number of H-pyrrole nitrogens is 1. The molecule has 5 aromatic rings. The fraction of sp³-hybridized carbons (Fsp3) is 0.385. The van der Waals surface area contributed by atoms with Crippen molar-refractivity contribution < 1.29 is 21.8 Å². The molecule has 7 rings (SSSR count). The van der Waals surface area contributed by atoms with Crippen LogP contribution in [0.4, 0.5) is 5.69 Å². The molecule has 2 aromatic carbocycles. The van der Waals surface area contributed by atoms with Gasteiger partial charge in [-0.15, -0.1) is 0 Å². The lowest BCUT2D eigenvalue weighted by atomic mass is 9.98. The van der Waals surface area contributed by atoms with Crippen LogP contribution < -0.4 is 10.1 Å². The molecule has 0 aliphatic carbocycles. The molecule has 0 unspecified atom stereocenters. The van der Waals surface area contributed by atoms with Crippen LogP contribution in [0.5, 0.6) is 5.88 Å². The molecule has 1 saturated heterocycles. The van der Waals surface area contributed by atoms with Gasteiger partial charge >= 0.3 is 0 Å². The number of methoxy groups -OCH3 is 1. The van der Waals surface area contributed by atoms with Gasteiger partial charge in [-0.3, -0.25) is 24.3 Å². The molecule has 2 amide bonds. The van der Waals surface area contributed by atoms with Crippen LogP contribution in [0.2, 0.25) is 0 Å². The number of anilines is 1. The van der Waals surface area contributed by atoms with E-state index in [9.17, 15) is 9.59 Å². The molecule has 3 aromatic heterocycles. The zero-order valence-electron chi connectivity index (χ0n) is 31.9. The number of ether oxygens (including phenoxy) is 2. The first-order valence-corrected chi connectivity index (χ1v) is 17.7. The second kappa shape index (κ2) is 15.1. The van der Waals surface area contributed by atoms with E-state index in [-0.39, 0.29) is 32.2 Å². The number of rotatable bonds is 12. The molecule has 0 bridgehead atoms. The normalized spacial score (nSPS) is 18.7. The molecule has 0 spiro atoms. The monoisotopic (exact) mass is 705 g/mol. The first-order valence-electron chi connectivity index (χ1n) is 18.7. The van der Waals surface area contributed by atoms with E-state index in [1.165, 1.54) is 16.9 Å². The number of aryl methyl sites for hydroxylation is 1. The topological polar surface area (TPSA) is 143 Å². The quantitative estimate of drug-likeness (QED) is 0.174. The van der Waals surface area contributed by atoms with Gasteiger partial charge in [0, 0.05) is 74.3 Å². The number of amides is 2. The molecule has 2 aliphatic rings. The predicted molar refractivity (Wildman–Crippen MR) is 199 cm³/mol. The molecule has 13 nitrogen and oxygen atoms in total. The van der Waals surface area contributed by atoms with Gasteiger partial charge in [0.1, 0.15) is 12.0 Å². The number of carbonyl (C=O) groups excluding carboxylic acids is 2. The Morgan fingerprint density at radius 3 is 2.58 bits per heavy atom. The fourth-order valence-electron chi connectivity index (χ4n) is 6.63. The minimum Gasteiger partial charge on any atom is -0.475 e. The van der Waals surface area contributed by atoms with Crippen LogP contribution in [0.3, 0.4) is 0 Å². The number of nitrogens with zero attached hydrogens (tertiary/aromatic N) is 7. The van der Waals surface area contributed by atoms with Crippen molar-refractivity contribution in [2.75, 3.05) is 45.1 Å². The standard InChI is InChI=1S/C39H45N9O4/c1-5-17-48-25-41-37(45-48)29-8-6-27(7-9-29)28-14-18-47(19-15-28)35(49)23-46-20-16-39(24-46,51-4)38(50)42-31-11-12-33-32(21-31)36(44-43-33)30-10-13-34(40-22-30)52-26(2)3/h6-14,21-22,25-26H,5,15-20,23-24H2,1-4H3,(H,42,50)(H,43,44)/t39-/m0/s1/i23D2. The number of hydrogen-bond donors (Lipinski definition) is 2. The molecule has 0 radical (unpaired) electrons. The lowest BCUT2D eigenvalue weighted by molar-refractivity contribution is -0.138. The Labute approximate surface area is 305 Å². The van der Waals surface area contributed by atoms with Crippen molar-refractivity contribution >= 4 is 34.0 Å². The van der Waals surface area contributed by atoms with Gasteiger partial charge in [-0.1, -0.05) is 37.3 Å². The first kappa shape index (κ1) is 32.5. The number of hydrogen-bond acceptors (Lipinski definition) is 9. The maximum Gasteiger partial charge on any atom is 0.258 e. The van der Waals surface area contributed by atoms with Crippen LogP contribution in [-0.4, -0.2) is 103 Å². The summed E-state index contributed by atoms with van der Waals surface area (Å²) in [6.07, 6.45) is 7.21. The van der Waals surface area contributed by atoms with Crippen molar-refractivity contribution in [2.45, 2.75) is 58.3 Å². The van der Waals surface area contributed by atoms with E-state index in [2.05, 4.69) is 37.5 Å². The van der Waals surface area contributed by atoms with E-state index < -0.39 is 23.9 Å². The molecule has 52 heavy (non-hydrogen) atoms. The van der Waals surface area contributed by atoms with Crippen molar-refractivity contribution in [3.8, 4) is 28.5 Å². The number of aromatic nitrogens is 6. The Balaban J connectivity index is 0.986. The summed E-state index contributed by atoms with van der Waals surface area (Å²) in [7, 11) is 1.44. The van der Waals surface area contributed by atoms with Gasteiger partial charge in [0.2, 0.25) is 11.8 Å². The van der Waals surface area contributed by atoms with Crippen LogP contribution in [0, 0.1) is 0 Å². The highest BCUT2D eigenvalue weighted by Gasteiger charge is 2.45. The Morgan fingerprint density at radius 2 is 1.87 bits per heavy atom. The summed E-state index contributed by atoms with van der Waals surface area (Å²) in [4.78, 5) is 39.3. The van der Waals surface area contributed by atoms with Crippen LogP contribution in [-0.2, 0) is 20.9 Å². The molecule has 270 valence electrons. The van der Waals surface area contributed by atoms with E-state index in [4.69, 9.17) is 12.2 Å². The van der Waals surface area contributed by atoms with Gasteiger partial charge in [-0.2, -0.15) is 10.2 Å². The molecule has 1 fully saturated rings. The molecule has 1 atom stereocenters. The van der Waals surface area contributed by atoms with E-state index >= 15 is 0 Å². The minimum absolute atomic E-state index is 0.00473. The summed E-state index contributed by atoms with van der Waals surface area (Å²) in [5, 5.41) is 15.8. The fourth-order valence-corrected chi connectivity index (χ4v) is 6.63. The number of nitrogens with one attached hydrogen (secondary N) is 2. The van der Waals surface area contributed by atoms with Gasteiger partial charge < -0.3 is 19.7 Å². The maximum atomic E-state index is 13.8. The smallest absolute Gasteiger partial charge is 0.258 e. The Kier molecular flexibility index (Phi) is 9.42. The molecule has 13 heteroatoms. The number of pyridine rings is 1. The molecular formula is C39H45N9O4. The van der Waals surface area contributed by atoms with Crippen molar-refractivity contribution in [3.05, 3.63) is 78.8 Å². The van der Waals surface area contributed by atoms with Crippen molar-refractivity contribution in [2.24, 2.45) is 0 Å². The van der Waals surface area contributed by atoms with Gasteiger partial charge in [-0.05, 0) is 68.5 Å². The highest BCUT2D eigenvalue weighted by molar-refractivity contribution is 6.01. The number of benzene rings is 2. The van der Waals surface area contributed by atoms with Crippen molar-refractivity contribution in [1.29, 1.82) is 0 Å². The summed E-state index contributed by atoms with van der Waals surface area (Å²) >= 11 is 0. The SMILES string of the molecule is [2H]C([2H])(C(=O)N1CC=C(c2ccc(-c3ncn(CCC)n3)cc2)CC1)N1CC[C@@](OC)(C(=O)Nc2ccc3[nH]nc(-c4ccc(OC(C)C)nc4)c3c2)C1. The lowest BCUT2D eigenvalue weighted by Gasteiger charge is -2.30. The second-order valence-electron chi connectivity index (χ2n) is 13.5. The number of carbonyl (C=O) groups is 2. The summed E-state index contributed by atoms with van der Waals surface area (Å²) in [5.41, 5.74) is 4.49. The molecular weight excluding hydrogens is 658 g/mol. The van der Waals surface area contributed by atoms with Crippen molar-refractivity contribution in [3.63, 3.8) is 0 Å². The van der Waals surface area contributed by atoms with Gasteiger partial charge in [0.05, 0.1) is 20.9 Å². The van der Waals surface area contributed by atoms with Crippen LogP contribution in [0.15, 0.2) is 73.2 Å². The van der Waals surface area contributed by atoms with Crippen LogP contribution >= 0.6 is 0 Å². The minimum atomic E-state index is -2.34. The zero-order chi connectivity index (χ0) is 38.0. The second-order valence-corrected chi connectivity index (χ2v) is 13.5. The third-order valence-electron chi connectivity index (χ3n) is 9.48. The Morgan fingerprint density at radius 1 is 1.06 bits per heavy atom. The molecule has 2 N–H and O–H groups in total. The predicted octanol–water partition coefficient (Wildman–Crippen LogP) is 5.43. The Bertz CT molecular complexity index is 2160. The van der Waals surface area contributed by atoms with E-state index in [1.807, 2.05) is 67.1 Å². The van der Waals surface area contributed by atoms with E-state index in [0.717, 1.165) is 46.1 Å². The maximum absolute atomic E-state index is 13.8. The number of fused-ring (bicyclic) bond motifs is 1. The first-order chi connectivity index (χ1) is 26.0. The van der Waals surface area contributed by atoms with Crippen LogP contribution in [0.25, 0.3) is 39.1 Å². The summed E-state index contributed by atoms with van der Waals surface area (Å²) < 4.78 is 31.1. The van der Waals surface area contributed by atoms with Gasteiger partial charge in [0.15, 0.2) is 11.4 Å². The molecule has 0 saturated carbocycles. The average molecular weight is 706 g/mol. The lowest BCUT2D eigenvalue weighted by Crippen LogP contribution is -2.48. The highest BCUT2D eigenvalue weighted by Crippen LogP contribution is 2.32. The van der Waals surface area contributed by atoms with Crippen LogP contribution in [0.1, 0.15) is 48.3 Å².